The molecule has 0 atom stereocenters. The summed E-state index contributed by atoms with van der Waals surface area (Å²) in [7, 11) is 0. The van der Waals surface area contributed by atoms with Gasteiger partial charge in [-0.3, -0.25) is 0 Å². The maximum atomic E-state index is 5.55. The van der Waals surface area contributed by atoms with E-state index in [1.165, 1.54) is 38.5 Å². The molecule has 16 heavy (non-hydrogen) atoms. The molecule has 0 saturated carbocycles. The average molecular weight is 224 g/mol. The van der Waals surface area contributed by atoms with Crippen molar-refractivity contribution in [3.8, 4) is 0 Å². The van der Waals surface area contributed by atoms with Crippen LogP contribution in [0.4, 0.5) is 0 Å². The first-order valence-corrected chi connectivity index (χ1v) is 6.46. The van der Waals surface area contributed by atoms with Crippen molar-refractivity contribution >= 4 is 0 Å². The topological polar surface area (TPSA) is 22.4 Å². The van der Waals surface area contributed by atoms with Gasteiger partial charge >= 0.3 is 0 Å². The molecule has 0 radical (unpaired) electrons. The zero-order valence-corrected chi connectivity index (χ0v) is 10.6. The zero-order valence-electron chi connectivity index (χ0n) is 10.6. The van der Waals surface area contributed by atoms with Crippen LogP contribution in [0.25, 0.3) is 0 Å². The van der Waals surface area contributed by atoms with E-state index in [1.807, 2.05) is 19.1 Å². The second-order valence-corrected chi connectivity index (χ2v) is 4.33. The van der Waals surface area contributed by atoms with Crippen molar-refractivity contribution in [1.82, 2.24) is 0 Å². The van der Waals surface area contributed by atoms with Crippen molar-refractivity contribution in [2.75, 3.05) is 6.61 Å². The first kappa shape index (κ1) is 13.3. The molecule has 0 aliphatic carbocycles. The van der Waals surface area contributed by atoms with Crippen LogP contribution in [0.3, 0.4) is 0 Å². The van der Waals surface area contributed by atoms with Crippen LogP contribution in [-0.4, -0.2) is 6.61 Å². The minimum absolute atomic E-state index is 0.614. The summed E-state index contributed by atoms with van der Waals surface area (Å²) in [6.07, 6.45) is 7.85. The lowest BCUT2D eigenvalue weighted by Gasteiger charge is -2.02. The molecule has 2 nitrogen and oxygen atoms in total. The molecule has 0 saturated heterocycles. The quantitative estimate of drug-likeness (QED) is 0.578. The highest BCUT2D eigenvalue weighted by Crippen LogP contribution is 2.09. The largest absolute Gasteiger partial charge is 0.464 e. The molecule has 0 aromatic carbocycles. The molecular weight excluding hydrogens is 200 g/mol. The van der Waals surface area contributed by atoms with Gasteiger partial charge in [-0.15, -0.1) is 0 Å². The minimum Gasteiger partial charge on any atom is -0.464 e. The van der Waals surface area contributed by atoms with Crippen LogP contribution in [0, 0.1) is 6.92 Å². The van der Waals surface area contributed by atoms with Gasteiger partial charge in [0.25, 0.3) is 0 Å². The summed E-state index contributed by atoms with van der Waals surface area (Å²) >= 11 is 0. The molecule has 0 fully saturated rings. The molecule has 1 aromatic rings. The number of aryl methyl sites for hydroxylation is 1. The Hall–Kier alpha value is -0.760. The number of unbranched alkanes of at least 4 members (excludes halogenated alkanes) is 5. The number of furan rings is 1. The van der Waals surface area contributed by atoms with Crippen molar-refractivity contribution in [1.29, 1.82) is 0 Å². The van der Waals surface area contributed by atoms with E-state index in [0.29, 0.717) is 6.61 Å². The van der Waals surface area contributed by atoms with E-state index in [4.69, 9.17) is 9.15 Å². The van der Waals surface area contributed by atoms with Crippen molar-refractivity contribution in [2.24, 2.45) is 0 Å². The number of hydrogen-bond acceptors (Lipinski definition) is 2. The Kier molecular flexibility index (Phi) is 6.98. The molecule has 0 unspecified atom stereocenters. The van der Waals surface area contributed by atoms with Crippen LogP contribution in [-0.2, 0) is 11.3 Å². The molecule has 1 aromatic heterocycles. The lowest BCUT2D eigenvalue weighted by molar-refractivity contribution is 0.102. The maximum Gasteiger partial charge on any atom is 0.129 e. The summed E-state index contributed by atoms with van der Waals surface area (Å²) in [6.45, 7) is 5.67. The summed E-state index contributed by atoms with van der Waals surface area (Å²) < 4.78 is 11.0. The van der Waals surface area contributed by atoms with Crippen molar-refractivity contribution in [2.45, 2.75) is 59.0 Å². The van der Waals surface area contributed by atoms with Crippen LogP contribution in [0.2, 0.25) is 0 Å². The first-order chi connectivity index (χ1) is 7.83. The lowest BCUT2D eigenvalue weighted by atomic mass is 10.1. The molecule has 0 N–H and O–H groups in total. The highest BCUT2D eigenvalue weighted by molar-refractivity contribution is 5.04. The van der Waals surface area contributed by atoms with Gasteiger partial charge in [0.1, 0.15) is 18.1 Å². The van der Waals surface area contributed by atoms with Crippen molar-refractivity contribution in [3.05, 3.63) is 23.7 Å². The van der Waals surface area contributed by atoms with E-state index in [-0.39, 0.29) is 0 Å². The second kappa shape index (κ2) is 8.40. The Labute approximate surface area is 99.0 Å². The maximum absolute atomic E-state index is 5.55. The van der Waals surface area contributed by atoms with E-state index in [0.717, 1.165) is 18.1 Å². The van der Waals surface area contributed by atoms with Gasteiger partial charge in [-0.2, -0.15) is 0 Å². The minimum atomic E-state index is 0.614. The van der Waals surface area contributed by atoms with Crippen molar-refractivity contribution in [3.63, 3.8) is 0 Å². The summed E-state index contributed by atoms with van der Waals surface area (Å²) in [5, 5.41) is 0. The summed E-state index contributed by atoms with van der Waals surface area (Å²) in [4.78, 5) is 0. The molecule has 0 spiro atoms. The fourth-order valence-corrected chi connectivity index (χ4v) is 1.72. The Morgan fingerprint density at radius 2 is 1.81 bits per heavy atom. The van der Waals surface area contributed by atoms with Gasteiger partial charge in [0.05, 0.1) is 0 Å². The summed E-state index contributed by atoms with van der Waals surface area (Å²) in [6, 6.07) is 3.96. The Morgan fingerprint density at radius 1 is 1.06 bits per heavy atom. The van der Waals surface area contributed by atoms with E-state index < -0.39 is 0 Å². The van der Waals surface area contributed by atoms with Gasteiger partial charge in [-0.25, -0.2) is 0 Å². The summed E-state index contributed by atoms with van der Waals surface area (Å²) in [5.74, 6) is 1.89. The smallest absolute Gasteiger partial charge is 0.129 e. The average Bonchev–Trinajstić information content (AvgIpc) is 2.68. The fourth-order valence-electron chi connectivity index (χ4n) is 1.72. The van der Waals surface area contributed by atoms with Gasteiger partial charge in [-0.1, -0.05) is 39.0 Å². The van der Waals surface area contributed by atoms with Gasteiger partial charge in [-0.05, 0) is 25.5 Å². The van der Waals surface area contributed by atoms with Crippen LogP contribution in [0.15, 0.2) is 16.5 Å². The Bertz CT molecular complexity index is 265. The number of ether oxygens (including phenoxy) is 1. The van der Waals surface area contributed by atoms with Crippen LogP contribution < -0.4 is 0 Å². The number of hydrogen-bond donors (Lipinski definition) is 0. The zero-order chi connectivity index (χ0) is 11.6. The molecule has 0 aliphatic rings. The van der Waals surface area contributed by atoms with Gasteiger partial charge in [0.15, 0.2) is 0 Å². The molecular formula is C14H24O2. The standard InChI is InChI=1S/C14H24O2/c1-3-4-5-6-7-8-11-15-12-14-10-9-13(2)16-14/h9-10H,3-8,11-12H2,1-2H3. The summed E-state index contributed by atoms with van der Waals surface area (Å²) in [5.41, 5.74) is 0. The molecule has 0 amide bonds. The molecule has 2 heteroatoms. The molecule has 1 rings (SSSR count). The third-order valence-electron chi connectivity index (χ3n) is 2.68. The van der Waals surface area contributed by atoms with E-state index in [2.05, 4.69) is 6.92 Å². The molecule has 1 heterocycles. The second-order valence-electron chi connectivity index (χ2n) is 4.33. The molecule has 0 aliphatic heterocycles. The Morgan fingerprint density at radius 3 is 2.50 bits per heavy atom. The van der Waals surface area contributed by atoms with Gasteiger partial charge in [0.2, 0.25) is 0 Å². The number of rotatable bonds is 9. The highest BCUT2D eigenvalue weighted by Gasteiger charge is 1.98. The predicted molar refractivity (Wildman–Crippen MR) is 66.5 cm³/mol. The van der Waals surface area contributed by atoms with E-state index in [9.17, 15) is 0 Å². The van der Waals surface area contributed by atoms with Crippen molar-refractivity contribution < 1.29 is 9.15 Å². The van der Waals surface area contributed by atoms with Crippen LogP contribution in [0.1, 0.15) is 57.0 Å². The van der Waals surface area contributed by atoms with E-state index in [1.54, 1.807) is 0 Å². The van der Waals surface area contributed by atoms with Gasteiger partial charge < -0.3 is 9.15 Å². The normalized spacial score (nSPS) is 10.9. The predicted octanol–water partition coefficient (Wildman–Crippen LogP) is 4.47. The lowest BCUT2D eigenvalue weighted by Crippen LogP contribution is -1.94. The highest BCUT2D eigenvalue weighted by atomic mass is 16.5. The third kappa shape index (κ3) is 5.96. The van der Waals surface area contributed by atoms with Crippen LogP contribution >= 0.6 is 0 Å². The first-order valence-electron chi connectivity index (χ1n) is 6.46. The van der Waals surface area contributed by atoms with Gasteiger partial charge in [0, 0.05) is 6.61 Å². The monoisotopic (exact) mass is 224 g/mol. The van der Waals surface area contributed by atoms with Crippen LogP contribution in [0.5, 0.6) is 0 Å². The fraction of sp³-hybridized carbons (Fsp3) is 0.714. The Balaban J connectivity index is 1.88. The molecule has 0 bridgehead atoms. The third-order valence-corrected chi connectivity index (χ3v) is 2.68. The molecule has 92 valence electrons. The van der Waals surface area contributed by atoms with E-state index >= 15 is 0 Å². The SMILES string of the molecule is CCCCCCCCOCc1ccc(C)o1.